The van der Waals surface area contributed by atoms with Crippen molar-refractivity contribution in [1.82, 2.24) is 0 Å². The molecule has 0 rings (SSSR count). The molecular weight excluding hydrogens is 136 g/mol. The number of carboxylic acid groups (broad SMARTS) is 1. The van der Waals surface area contributed by atoms with Crippen LogP contribution in [-0.2, 0) is 9.59 Å². The number of aliphatic hydroxyl groups is 1. The summed E-state index contributed by atoms with van der Waals surface area (Å²) in [6, 6.07) is 0. The van der Waals surface area contributed by atoms with Crippen LogP contribution in [0.15, 0.2) is 12.7 Å². The molecule has 0 amide bonds. The van der Waals surface area contributed by atoms with Gasteiger partial charge in [-0.15, -0.1) is 6.58 Å². The van der Waals surface area contributed by atoms with Gasteiger partial charge in [-0.05, 0) is 0 Å². The second kappa shape index (κ2) is 3.79. The molecule has 10 heavy (non-hydrogen) atoms. The van der Waals surface area contributed by atoms with Crippen molar-refractivity contribution in [3.05, 3.63) is 12.7 Å². The van der Waals surface area contributed by atoms with E-state index >= 15 is 0 Å². The Morgan fingerprint density at radius 1 is 1.60 bits per heavy atom. The van der Waals surface area contributed by atoms with Gasteiger partial charge in [0.2, 0.25) is 0 Å². The van der Waals surface area contributed by atoms with Gasteiger partial charge in [0.25, 0.3) is 0 Å². The maximum atomic E-state index is 10.5. The third-order valence-corrected chi connectivity index (χ3v) is 0.879. The predicted octanol–water partition coefficient (Wildman–Crippen LogP) is -0.423. The summed E-state index contributed by atoms with van der Waals surface area (Å²) in [5, 5.41) is 16.7. The maximum absolute atomic E-state index is 10.5. The van der Waals surface area contributed by atoms with Gasteiger partial charge < -0.3 is 10.2 Å². The van der Waals surface area contributed by atoms with Crippen LogP contribution in [0.1, 0.15) is 6.42 Å². The second-order valence-corrected chi connectivity index (χ2v) is 1.72. The normalized spacial score (nSPS) is 12.1. The first-order valence-electron chi connectivity index (χ1n) is 2.63. The minimum Gasteiger partial charge on any atom is -0.481 e. The highest BCUT2D eigenvalue weighted by atomic mass is 16.4. The molecule has 0 heterocycles. The molecule has 1 atom stereocenters. The Morgan fingerprint density at radius 2 is 2.10 bits per heavy atom. The van der Waals surface area contributed by atoms with E-state index < -0.39 is 24.3 Å². The van der Waals surface area contributed by atoms with Gasteiger partial charge in [-0.25, -0.2) is 0 Å². The lowest BCUT2D eigenvalue weighted by molar-refractivity contribution is -0.141. The summed E-state index contributed by atoms with van der Waals surface area (Å²) < 4.78 is 0. The third kappa shape index (κ3) is 2.99. The Labute approximate surface area is 57.8 Å². The molecule has 0 spiro atoms. The van der Waals surface area contributed by atoms with Crippen LogP contribution in [-0.4, -0.2) is 28.1 Å². The number of carboxylic acids is 1. The zero-order valence-electron chi connectivity index (χ0n) is 5.28. The van der Waals surface area contributed by atoms with Gasteiger partial charge in [-0.3, -0.25) is 9.59 Å². The fraction of sp³-hybridized carbons (Fsp3) is 0.333. The first-order valence-corrected chi connectivity index (χ1v) is 2.63. The number of ketones is 1. The summed E-state index contributed by atoms with van der Waals surface area (Å²) in [5.74, 6) is -1.99. The number of Topliss-reactive ketones (excluding diaryl/α,β-unsaturated/α-hetero) is 1. The van der Waals surface area contributed by atoms with E-state index in [1.807, 2.05) is 0 Å². The molecule has 0 bridgehead atoms. The van der Waals surface area contributed by atoms with E-state index in [0.717, 1.165) is 6.08 Å². The lowest BCUT2D eigenvalue weighted by Gasteiger charge is -1.98. The summed E-state index contributed by atoms with van der Waals surface area (Å²) in [6.07, 6.45) is -1.02. The summed E-state index contributed by atoms with van der Waals surface area (Å²) in [5.41, 5.74) is 0. The first-order chi connectivity index (χ1) is 4.57. The van der Waals surface area contributed by atoms with Crippen LogP contribution in [0.25, 0.3) is 0 Å². The average Bonchev–Trinajstić information content (AvgIpc) is 1.85. The average molecular weight is 144 g/mol. The van der Waals surface area contributed by atoms with Gasteiger partial charge in [0.1, 0.15) is 12.5 Å². The maximum Gasteiger partial charge on any atom is 0.310 e. The molecule has 0 aliphatic carbocycles. The molecule has 0 aliphatic rings. The van der Waals surface area contributed by atoms with Crippen LogP contribution < -0.4 is 0 Å². The number of rotatable bonds is 4. The molecule has 0 aromatic rings. The first kappa shape index (κ1) is 8.84. The molecule has 4 heteroatoms. The van der Waals surface area contributed by atoms with Crippen molar-refractivity contribution in [2.24, 2.45) is 0 Å². The molecular formula is C6H8O4. The number of carbonyl (C=O) groups is 2. The van der Waals surface area contributed by atoms with Crippen LogP contribution in [0.5, 0.6) is 0 Å². The molecule has 2 N–H and O–H groups in total. The van der Waals surface area contributed by atoms with Gasteiger partial charge in [0, 0.05) is 0 Å². The standard InChI is InChI=1S/C6H8O4/c1-2-4(7)5(8)3-6(9)10/h2,4,7H,1,3H2,(H,9,10). The van der Waals surface area contributed by atoms with Crippen LogP contribution in [0.3, 0.4) is 0 Å². The molecule has 0 aromatic carbocycles. The van der Waals surface area contributed by atoms with E-state index in [9.17, 15) is 9.59 Å². The zero-order chi connectivity index (χ0) is 8.15. The Morgan fingerprint density at radius 3 is 2.40 bits per heavy atom. The van der Waals surface area contributed by atoms with Crippen molar-refractivity contribution in [2.45, 2.75) is 12.5 Å². The number of hydrogen-bond donors (Lipinski definition) is 2. The highest BCUT2D eigenvalue weighted by molar-refractivity contribution is 5.97. The molecule has 0 aliphatic heterocycles. The van der Waals surface area contributed by atoms with E-state index in [1.165, 1.54) is 0 Å². The van der Waals surface area contributed by atoms with Crippen molar-refractivity contribution in [2.75, 3.05) is 0 Å². The van der Waals surface area contributed by atoms with Crippen LogP contribution in [0, 0.1) is 0 Å². The van der Waals surface area contributed by atoms with E-state index in [4.69, 9.17) is 10.2 Å². The van der Waals surface area contributed by atoms with Gasteiger partial charge in [-0.1, -0.05) is 6.08 Å². The number of aliphatic hydroxyl groups excluding tert-OH is 1. The van der Waals surface area contributed by atoms with E-state index in [-0.39, 0.29) is 0 Å². The second-order valence-electron chi connectivity index (χ2n) is 1.72. The largest absolute Gasteiger partial charge is 0.481 e. The lowest BCUT2D eigenvalue weighted by Crippen LogP contribution is -2.20. The van der Waals surface area contributed by atoms with E-state index in [1.54, 1.807) is 0 Å². The molecule has 0 fully saturated rings. The van der Waals surface area contributed by atoms with Crippen molar-refractivity contribution in [1.29, 1.82) is 0 Å². The molecule has 4 nitrogen and oxygen atoms in total. The van der Waals surface area contributed by atoms with E-state index in [2.05, 4.69) is 6.58 Å². The fourth-order valence-electron chi connectivity index (χ4n) is 0.385. The van der Waals surface area contributed by atoms with Gasteiger partial charge in [-0.2, -0.15) is 0 Å². The quantitative estimate of drug-likeness (QED) is 0.415. The highest BCUT2D eigenvalue weighted by Gasteiger charge is 2.13. The van der Waals surface area contributed by atoms with Crippen molar-refractivity contribution >= 4 is 11.8 Å². The SMILES string of the molecule is C=CC(O)C(=O)CC(=O)O. The lowest BCUT2D eigenvalue weighted by atomic mass is 10.2. The number of hydrogen-bond acceptors (Lipinski definition) is 3. The monoisotopic (exact) mass is 144 g/mol. The molecule has 56 valence electrons. The number of aliphatic carboxylic acids is 1. The smallest absolute Gasteiger partial charge is 0.310 e. The van der Waals surface area contributed by atoms with Crippen LogP contribution in [0.4, 0.5) is 0 Å². The summed E-state index contributed by atoms with van der Waals surface area (Å²) in [4.78, 5) is 20.3. The molecule has 0 radical (unpaired) electrons. The Hall–Kier alpha value is -1.16. The Balaban J connectivity index is 3.84. The summed E-state index contributed by atoms with van der Waals surface area (Å²) in [6.45, 7) is 3.13. The van der Waals surface area contributed by atoms with Crippen LogP contribution >= 0.6 is 0 Å². The van der Waals surface area contributed by atoms with Crippen molar-refractivity contribution < 1.29 is 19.8 Å². The van der Waals surface area contributed by atoms with Crippen molar-refractivity contribution in [3.63, 3.8) is 0 Å². The molecule has 0 aromatic heterocycles. The Bertz CT molecular complexity index is 161. The zero-order valence-corrected chi connectivity index (χ0v) is 5.28. The van der Waals surface area contributed by atoms with Crippen molar-refractivity contribution in [3.8, 4) is 0 Å². The predicted molar refractivity (Wildman–Crippen MR) is 33.5 cm³/mol. The molecule has 0 saturated carbocycles. The third-order valence-electron chi connectivity index (χ3n) is 0.879. The molecule has 0 saturated heterocycles. The summed E-state index contributed by atoms with van der Waals surface area (Å²) in [7, 11) is 0. The molecule has 1 unspecified atom stereocenters. The van der Waals surface area contributed by atoms with Crippen LogP contribution in [0.2, 0.25) is 0 Å². The highest BCUT2D eigenvalue weighted by Crippen LogP contribution is 1.91. The summed E-state index contributed by atoms with van der Waals surface area (Å²) >= 11 is 0. The van der Waals surface area contributed by atoms with Gasteiger partial charge in [0.05, 0.1) is 0 Å². The number of carbonyl (C=O) groups excluding carboxylic acids is 1. The minimum absolute atomic E-state index is 0.660. The fourth-order valence-corrected chi connectivity index (χ4v) is 0.385. The van der Waals surface area contributed by atoms with Gasteiger partial charge in [0.15, 0.2) is 5.78 Å². The topological polar surface area (TPSA) is 74.6 Å². The van der Waals surface area contributed by atoms with Gasteiger partial charge >= 0.3 is 5.97 Å². The minimum atomic E-state index is -1.35. The van der Waals surface area contributed by atoms with E-state index in [0.29, 0.717) is 0 Å². The Kier molecular flexibility index (Phi) is 3.35.